The second-order valence-electron chi connectivity index (χ2n) is 8.41. The zero-order valence-electron chi connectivity index (χ0n) is 20.1. The van der Waals surface area contributed by atoms with E-state index in [9.17, 15) is 16.8 Å². The van der Waals surface area contributed by atoms with Crippen LogP contribution in [0.4, 0.5) is 5.82 Å². The lowest BCUT2D eigenvalue weighted by atomic mass is 9.98. The van der Waals surface area contributed by atoms with Crippen molar-refractivity contribution >= 4 is 36.8 Å². The van der Waals surface area contributed by atoms with E-state index in [0.29, 0.717) is 35.2 Å². The van der Waals surface area contributed by atoms with Gasteiger partial charge in [0, 0.05) is 44.0 Å². The van der Waals surface area contributed by atoms with Gasteiger partial charge in [-0.2, -0.15) is 0 Å². The van der Waals surface area contributed by atoms with E-state index in [1.54, 1.807) is 24.4 Å². The van der Waals surface area contributed by atoms with Gasteiger partial charge < -0.3 is 5.73 Å². The molecule has 0 spiro atoms. The van der Waals surface area contributed by atoms with E-state index in [1.165, 1.54) is 26.4 Å². The molecule has 0 aliphatic carbocycles. The Morgan fingerprint density at radius 3 is 2.42 bits per heavy atom. The number of nitrogens with two attached hydrogens (primary N) is 1. The van der Waals surface area contributed by atoms with Crippen molar-refractivity contribution in [1.82, 2.24) is 19.0 Å². The average Bonchev–Trinajstić information content (AvgIpc) is 2.87. The standard InChI is InChI=1S/C25H27N5O4S2/c1-4-11-29-35(31,32)20-7-5-6-18(13-20)21-10-12-27-23-9-8-17(14-22(21)23)19-15-24(25(26)28-16-19)36(33,34)30(2)3/h5-10,12-16,29H,4,11H2,1-3H3,(H2,26,28). The Morgan fingerprint density at radius 1 is 0.917 bits per heavy atom. The normalized spacial score (nSPS) is 12.3. The van der Waals surface area contributed by atoms with Crippen molar-refractivity contribution in [3.8, 4) is 22.3 Å². The number of fused-ring (bicyclic) bond motifs is 1. The molecule has 188 valence electrons. The molecule has 36 heavy (non-hydrogen) atoms. The van der Waals surface area contributed by atoms with Gasteiger partial charge in [-0.15, -0.1) is 0 Å². The second kappa shape index (κ2) is 9.94. The van der Waals surface area contributed by atoms with Gasteiger partial charge in [-0.25, -0.2) is 30.8 Å². The maximum absolute atomic E-state index is 12.7. The first-order valence-electron chi connectivity index (χ1n) is 11.2. The maximum Gasteiger partial charge on any atom is 0.246 e. The lowest BCUT2D eigenvalue weighted by Crippen LogP contribution is -2.24. The highest BCUT2D eigenvalue weighted by Crippen LogP contribution is 2.33. The highest BCUT2D eigenvalue weighted by atomic mass is 32.2. The predicted molar refractivity (Wildman–Crippen MR) is 141 cm³/mol. The molecule has 0 aliphatic heterocycles. The Bertz CT molecular complexity index is 1650. The van der Waals surface area contributed by atoms with E-state index in [4.69, 9.17) is 5.73 Å². The lowest BCUT2D eigenvalue weighted by molar-refractivity contribution is 0.521. The van der Waals surface area contributed by atoms with E-state index in [1.807, 2.05) is 37.3 Å². The number of nitrogen functional groups attached to an aromatic ring is 1. The minimum Gasteiger partial charge on any atom is -0.383 e. The molecule has 0 unspecified atom stereocenters. The summed E-state index contributed by atoms with van der Waals surface area (Å²) < 4.78 is 54.4. The molecule has 2 heterocycles. The van der Waals surface area contributed by atoms with E-state index < -0.39 is 20.0 Å². The van der Waals surface area contributed by atoms with Crippen LogP contribution in [-0.4, -0.2) is 51.7 Å². The molecule has 3 N–H and O–H groups in total. The van der Waals surface area contributed by atoms with Crippen LogP contribution in [0.15, 0.2) is 76.8 Å². The summed E-state index contributed by atoms with van der Waals surface area (Å²) in [5.74, 6) is -0.0784. The lowest BCUT2D eigenvalue weighted by Gasteiger charge is -2.14. The van der Waals surface area contributed by atoms with Gasteiger partial charge in [-0.3, -0.25) is 4.98 Å². The molecule has 2 aromatic carbocycles. The largest absolute Gasteiger partial charge is 0.383 e. The van der Waals surface area contributed by atoms with E-state index in [0.717, 1.165) is 15.3 Å². The second-order valence-corrected chi connectivity index (χ2v) is 12.3. The summed E-state index contributed by atoms with van der Waals surface area (Å²) in [4.78, 5) is 8.65. The molecular formula is C25H27N5O4S2. The fraction of sp³-hybridized carbons (Fsp3) is 0.200. The molecule has 9 nitrogen and oxygen atoms in total. The monoisotopic (exact) mass is 525 g/mol. The molecule has 0 fully saturated rings. The van der Waals surface area contributed by atoms with Crippen molar-refractivity contribution in [2.24, 2.45) is 0 Å². The highest BCUT2D eigenvalue weighted by molar-refractivity contribution is 7.89. The topological polar surface area (TPSA) is 135 Å². The van der Waals surface area contributed by atoms with E-state index in [-0.39, 0.29) is 15.6 Å². The number of anilines is 1. The molecule has 0 aliphatic rings. The first-order chi connectivity index (χ1) is 17.0. The third kappa shape index (κ3) is 4.96. The molecule has 0 atom stereocenters. The number of nitrogens with zero attached hydrogens (tertiary/aromatic N) is 3. The molecule has 2 aromatic heterocycles. The molecule has 0 bridgehead atoms. The summed E-state index contributed by atoms with van der Waals surface area (Å²) in [7, 11) is -4.56. The fourth-order valence-corrected chi connectivity index (χ4v) is 5.91. The Balaban J connectivity index is 1.84. The van der Waals surface area contributed by atoms with Crippen molar-refractivity contribution in [1.29, 1.82) is 0 Å². The molecule has 0 saturated heterocycles. The predicted octanol–water partition coefficient (Wildman–Crippen LogP) is 3.48. The van der Waals surface area contributed by atoms with Crippen LogP contribution < -0.4 is 10.5 Å². The van der Waals surface area contributed by atoms with Crippen molar-refractivity contribution in [2.45, 2.75) is 23.1 Å². The van der Waals surface area contributed by atoms with E-state index in [2.05, 4.69) is 14.7 Å². The number of hydrogen-bond donors (Lipinski definition) is 2. The zero-order chi connectivity index (χ0) is 26.1. The Morgan fingerprint density at radius 2 is 1.69 bits per heavy atom. The first kappa shape index (κ1) is 25.7. The summed E-state index contributed by atoms with van der Waals surface area (Å²) in [6.07, 6.45) is 3.88. The number of hydrogen-bond acceptors (Lipinski definition) is 7. The van der Waals surface area contributed by atoms with Gasteiger partial charge in [-0.1, -0.05) is 25.1 Å². The van der Waals surface area contributed by atoms with Crippen molar-refractivity contribution in [3.63, 3.8) is 0 Å². The zero-order valence-corrected chi connectivity index (χ0v) is 21.8. The van der Waals surface area contributed by atoms with Gasteiger partial charge in [-0.05, 0) is 59.5 Å². The quantitative estimate of drug-likeness (QED) is 0.359. The number of sulfonamides is 2. The number of benzene rings is 2. The van der Waals surface area contributed by atoms with Gasteiger partial charge in [0.15, 0.2) is 0 Å². The van der Waals surface area contributed by atoms with Gasteiger partial charge in [0.05, 0.1) is 10.4 Å². The van der Waals surface area contributed by atoms with E-state index >= 15 is 0 Å². The van der Waals surface area contributed by atoms with Crippen molar-refractivity contribution in [2.75, 3.05) is 26.4 Å². The van der Waals surface area contributed by atoms with Crippen LogP contribution in [0.25, 0.3) is 33.2 Å². The van der Waals surface area contributed by atoms with Crippen LogP contribution in [-0.2, 0) is 20.0 Å². The van der Waals surface area contributed by atoms with Crippen LogP contribution in [0.5, 0.6) is 0 Å². The smallest absolute Gasteiger partial charge is 0.246 e. The maximum atomic E-state index is 12.7. The minimum absolute atomic E-state index is 0.0750. The SMILES string of the molecule is CCCNS(=O)(=O)c1cccc(-c2ccnc3ccc(-c4cnc(N)c(S(=O)(=O)N(C)C)c4)cc23)c1. The summed E-state index contributed by atoms with van der Waals surface area (Å²) in [5.41, 5.74) is 9.38. The van der Waals surface area contributed by atoms with Crippen LogP contribution in [0.3, 0.4) is 0 Å². The van der Waals surface area contributed by atoms with Gasteiger partial charge >= 0.3 is 0 Å². The fourth-order valence-electron chi connectivity index (χ4n) is 3.74. The van der Waals surface area contributed by atoms with Crippen LogP contribution in [0.1, 0.15) is 13.3 Å². The molecule has 11 heteroatoms. The number of pyridine rings is 2. The molecule has 0 radical (unpaired) electrons. The minimum atomic E-state index is -3.79. The first-order valence-corrected chi connectivity index (χ1v) is 14.1. The summed E-state index contributed by atoms with van der Waals surface area (Å²) >= 11 is 0. The van der Waals surface area contributed by atoms with Gasteiger partial charge in [0.25, 0.3) is 0 Å². The summed E-state index contributed by atoms with van der Waals surface area (Å²) in [6, 6.07) is 15.6. The number of rotatable bonds is 8. The van der Waals surface area contributed by atoms with Crippen LogP contribution >= 0.6 is 0 Å². The molecule has 0 saturated carbocycles. The Labute approximate surface area is 211 Å². The Hall–Kier alpha value is -3.38. The molecule has 4 aromatic rings. The third-order valence-electron chi connectivity index (χ3n) is 5.71. The highest BCUT2D eigenvalue weighted by Gasteiger charge is 2.22. The van der Waals surface area contributed by atoms with Crippen molar-refractivity contribution < 1.29 is 16.8 Å². The van der Waals surface area contributed by atoms with Crippen LogP contribution in [0.2, 0.25) is 0 Å². The number of nitrogens with one attached hydrogen (secondary N) is 1. The Kier molecular flexibility index (Phi) is 7.10. The summed E-state index contributed by atoms with van der Waals surface area (Å²) in [6.45, 7) is 2.25. The number of aromatic nitrogens is 2. The van der Waals surface area contributed by atoms with Crippen molar-refractivity contribution in [3.05, 3.63) is 67.0 Å². The summed E-state index contributed by atoms with van der Waals surface area (Å²) in [5, 5.41) is 0.778. The molecular weight excluding hydrogens is 498 g/mol. The van der Waals surface area contributed by atoms with Gasteiger partial charge in [0.1, 0.15) is 10.7 Å². The molecule has 0 amide bonds. The average molecular weight is 526 g/mol. The third-order valence-corrected chi connectivity index (χ3v) is 9.02. The van der Waals surface area contributed by atoms with Crippen LogP contribution in [0, 0.1) is 0 Å². The molecule has 4 rings (SSSR count). The van der Waals surface area contributed by atoms with Gasteiger partial charge in [0.2, 0.25) is 20.0 Å².